The molecule has 0 radical (unpaired) electrons. The number of hydrogen-bond acceptors (Lipinski definition) is 3. The zero-order chi connectivity index (χ0) is 14.5. The summed E-state index contributed by atoms with van der Waals surface area (Å²) in [4.78, 5) is 12.0. The topological polar surface area (TPSA) is 61.1 Å². The fraction of sp³-hybridized carbons (Fsp3) is 0. The van der Waals surface area contributed by atoms with Crippen LogP contribution in [0, 0.1) is 11.3 Å². The molecule has 0 aliphatic carbocycles. The first kappa shape index (κ1) is 14.0. The van der Waals surface area contributed by atoms with Crippen molar-refractivity contribution in [3.63, 3.8) is 0 Å². The van der Waals surface area contributed by atoms with E-state index in [1.165, 1.54) is 6.08 Å². The van der Waals surface area contributed by atoms with E-state index < -0.39 is 0 Å². The van der Waals surface area contributed by atoms with Gasteiger partial charge in [0.15, 0.2) is 5.78 Å². The van der Waals surface area contributed by atoms with E-state index in [2.05, 4.69) is 15.9 Å². The van der Waals surface area contributed by atoms with Gasteiger partial charge in [-0.1, -0.05) is 24.3 Å². The molecule has 0 atom stereocenters. The molecule has 0 spiro atoms. The molecule has 0 aliphatic rings. The van der Waals surface area contributed by atoms with Crippen LogP contribution in [0.2, 0.25) is 0 Å². The molecule has 1 N–H and O–H groups in total. The van der Waals surface area contributed by atoms with Crippen molar-refractivity contribution in [3.05, 3.63) is 69.7 Å². The molecular weight excluding hydrogens is 318 g/mol. The molecule has 0 amide bonds. The van der Waals surface area contributed by atoms with Crippen molar-refractivity contribution < 1.29 is 9.90 Å². The molecule has 0 saturated carbocycles. The summed E-state index contributed by atoms with van der Waals surface area (Å²) < 4.78 is 0.568. The Labute approximate surface area is 124 Å². The summed E-state index contributed by atoms with van der Waals surface area (Å²) in [6.07, 6.45) is 3.10. The average molecular weight is 328 g/mol. The number of benzene rings is 2. The molecular formula is C16H10BrNO2. The highest BCUT2D eigenvalue weighted by Crippen LogP contribution is 2.24. The fourth-order valence-electron chi connectivity index (χ4n) is 1.64. The van der Waals surface area contributed by atoms with E-state index in [0.717, 1.165) is 5.56 Å². The number of rotatable bonds is 3. The summed E-state index contributed by atoms with van der Waals surface area (Å²) >= 11 is 3.21. The third-order valence-corrected chi connectivity index (χ3v) is 3.31. The van der Waals surface area contributed by atoms with Crippen LogP contribution in [0.25, 0.3) is 6.08 Å². The van der Waals surface area contributed by atoms with Gasteiger partial charge in [-0.15, -0.1) is 0 Å². The van der Waals surface area contributed by atoms with Crippen LogP contribution < -0.4 is 0 Å². The summed E-state index contributed by atoms with van der Waals surface area (Å²) in [5.41, 5.74) is 1.72. The summed E-state index contributed by atoms with van der Waals surface area (Å²) in [7, 11) is 0. The molecule has 0 saturated heterocycles. The highest BCUT2D eigenvalue weighted by atomic mass is 79.9. The van der Waals surface area contributed by atoms with Crippen LogP contribution in [0.4, 0.5) is 0 Å². The van der Waals surface area contributed by atoms with Crippen LogP contribution in [-0.2, 0) is 0 Å². The number of carbonyl (C=O) groups excluding carboxylic acids is 1. The molecule has 3 nitrogen and oxygen atoms in total. The maximum atomic E-state index is 12.0. The third kappa shape index (κ3) is 3.34. The Morgan fingerprint density at radius 2 is 2.05 bits per heavy atom. The predicted molar refractivity (Wildman–Crippen MR) is 80.3 cm³/mol. The van der Waals surface area contributed by atoms with Crippen LogP contribution in [0.5, 0.6) is 5.75 Å². The first-order valence-corrected chi connectivity index (χ1v) is 6.60. The standard InChI is InChI=1S/C16H10BrNO2/c17-14-9-11(5-7-16(14)20)4-6-15(19)13-3-1-2-12(8-13)10-18/h1-9,20H/b6-4+. The lowest BCUT2D eigenvalue weighted by molar-refractivity contribution is 0.104. The quantitative estimate of drug-likeness (QED) is 0.686. The minimum atomic E-state index is -0.175. The van der Waals surface area contributed by atoms with Crippen molar-refractivity contribution in [2.24, 2.45) is 0 Å². The molecule has 0 heterocycles. The number of phenolic OH excluding ortho intramolecular Hbond substituents is 1. The van der Waals surface area contributed by atoms with Crippen molar-refractivity contribution >= 4 is 27.8 Å². The van der Waals surface area contributed by atoms with E-state index in [4.69, 9.17) is 5.26 Å². The zero-order valence-electron chi connectivity index (χ0n) is 10.4. The van der Waals surface area contributed by atoms with Gasteiger partial charge in [0.25, 0.3) is 0 Å². The lowest BCUT2D eigenvalue weighted by Crippen LogP contribution is -1.94. The van der Waals surface area contributed by atoms with Gasteiger partial charge >= 0.3 is 0 Å². The minimum absolute atomic E-state index is 0.148. The first-order valence-electron chi connectivity index (χ1n) is 5.81. The zero-order valence-corrected chi connectivity index (χ0v) is 12.0. The lowest BCUT2D eigenvalue weighted by atomic mass is 10.1. The SMILES string of the molecule is N#Cc1cccc(C(=O)/C=C/c2ccc(O)c(Br)c2)c1. The van der Waals surface area contributed by atoms with Crippen molar-refractivity contribution in [1.29, 1.82) is 5.26 Å². The fourth-order valence-corrected chi connectivity index (χ4v) is 2.03. The summed E-state index contributed by atoms with van der Waals surface area (Å²) in [6, 6.07) is 13.5. The number of hydrogen-bond donors (Lipinski definition) is 1. The van der Waals surface area contributed by atoms with Gasteiger partial charge in [0.2, 0.25) is 0 Å². The number of halogens is 1. The minimum Gasteiger partial charge on any atom is -0.507 e. The summed E-state index contributed by atoms with van der Waals surface area (Å²) in [5, 5.41) is 18.2. The predicted octanol–water partition coefficient (Wildman–Crippen LogP) is 3.92. The Morgan fingerprint density at radius 1 is 1.25 bits per heavy atom. The van der Waals surface area contributed by atoms with E-state index in [0.29, 0.717) is 15.6 Å². The van der Waals surface area contributed by atoms with Crippen LogP contribution in [-0.4, -0.2) is 10.9 Å². The van der Waals surface area contributed by atoms with E-state index in [1.54, 1.807) is 48.5 Å². The monoisotopic (exact) mass is 327 g/mol. The van der Waals surface area contributed by atoms with Crippen LogP contribution in [0.3, 0.4) is 0 Å². The van der Waals surface area contributed by atoms with Crippen LogP contribution in [0.1, 0.15) is 21.5 Å². The van der Waals surface area contributed by atoms with E-state index in [9.17, 15) is 9.90 Å². The van der Waals surface area contributed by atoms with E-state index in [-0.39, 0.29) is 11.5 Å². The number of carbonyl (C=O) groups is 1. The van der Waals surface area contributed by atoms with Crippen LogP contribution >= 0.6 is 15.9 Å². The molecule has 4 heteroatoms. The first-order chi connectivity index (χ1) is 9.60. The number of nitriles is 1. The molecule has 2 aromatic carbocycles. The van der Waals surface area contributed by atoms with Crippen LogP contribution in [0.15, 0.2) is 53.0 Å². The maximum Gasteiger partial charge on any atom is 0.185 e. The second kappa shape index (κ2) is 6.18. The Kier molecular flexibility index (Phi) is 4.34. The highest BCUT2D eigenvalue weighted by Gasteiger charge is 2.03. The van der Waals surface area contributed by atoms with Crippen molar-refractivity contribution in [2.45, 2.75) is 0 Å². The largest absolute Gasteiger partial charge is 0.507 e. The van der Waals surface area contributed by atoms with Gasteiger partial charge in [0, 0.05) is 5.56 Å². The second-order valence-corrected chi connectivity index (χ2v) is 4.96. The molecule has 2 aromatic rings. The molecule has 98 valence electrons. The summed E-state index contributed by atoms with van der Waals surface area (Å²) in [6.45, 7) is 0. The Hall–Kier alpha value is -2.38. The van der Waals surface area contributed by atoms with Crippen molar-refractivity contribution in [1.82, 2.24) is 0 Å². The van der Waals surface area contributed by atoms with Gasteiger partial charge in [-0.3, -0.25) is 4.79 Å². The van der Waals surface area contributed by atoms with Crippen molar-refractivity contribution in [3.8, 4) is 11.8 Å². The third-order valence-electron chi connectivity index (χ3n) is 2.68. The molecule has 0 fully saturated rings. The average Bonchev–Trinajstić information content (AvgIpc) is 2.48. The Morgan fingerprint density at radius 3 is 2.75 bits per heavy atom. The second-order valence-electron chi connectivity index (χ2n) is 4.10. The molecule has 0 aliphatic heterocycles. The number of phenols is 1. The normalized spacial score (nSPS) is 10.4. The molecule has 2 rings (SSSR count). The van der Waals surface area contributed by atoms with Gasteiger partial charge in [0.1, 0.15) is 5.75 Å². The number of nitrogens with zero attached hydrogens (tertiary/aromatic N) is 1. The maximum absolute atomic E-state index is 12.0. The smallest absolute Gasteiger partial charge is 0.185 e. The van der Waals surface area contributed by atoms with E-state index in [1.807, 2.05) is 6.07 Å². The Balaban J connectivity index is 2.20. The lowest BCUT2D eigenvalue weighted by Gasteiger charge is -1.99. The highest BCUT2D eigenvalue weighted by molar-refractivity contribution is 9.10. The van der Waals surface area contributed by atoms with Gasteiger partial charge in [-0.25, -0.2) is 0 Å². The van der Waals surface area contributed by atoms with Gasteiger partial charge in [-0.2, -0.15) is 5.26 Å². The molecule has 0 aromatic heterocycles. The van der Waals surface area contributed by atoms with Crippen molar-refractivity contribution in [2.75, 3.05) is 0 Å². The van der Waals surface area contributed by atoms with Gasteiger partial charge in [0.05, 0.1) is 16.1 Å². The Bertz CT molecular complexity index is 729. The van der Waals surface area contributed by atoms with E-state index >= 15 is 0 Å². The molecule has 0 unspecified atom stereocenters. The van der Waals surface area contributed by atoms with Gasteiger partial charge < -0.3 is 5.11 Å². The number of aromatic hydroxyl groups is 1. The molecule has 20 heavy (non-hydrogen) atoms. The number of ketones is 1. The molecule has 0 bridgehead atoms. The summed E-state index contributed by atoms with van der Waals surface area (Å²) in [5.74, 6) is -0.0264. The number of allylic oxidation sites excluding steroid dienone is 1. The van der Waals surface area contributed by atoms with Gasteiger partial charge in [-0.05, 0) is 51.8 Å².